The number of benzene rings is 1. The molecule has 0 aliphatic heterocycles. The molecule has 90 valence electrons. The van der Waals surface area contributed by atoms with Crippen molar-refractivity contribution >= 4 is 11.4 Å². The summed E-state index contributed by atoms with van der Waals surface area (Å²) in [4.78, 5) is 4.01. The van der Waals surface area contributed by atoms with E-state index in [1.165, 1.54) is 18.5 Å². The van der Waals surface area contributed by atoms with Gasteiger partial charge < -0.3 is 11.1 Å². The van der Waals surface area contributed by atoms with Crippen LogP contribution >= 0.6 is 0 Å². The number of hydrogen-bond acceptors (Lipinski definition) is 4. The fraction of sp³-hybridized carbons (Fsp3) is 0.273. The molecule has 5 nitrogen and oxygen atoms in total. The van der Waals surface area contributed by atoms with Crippen molar-refractivity contribution in [1.82, 2.24) is 15.2 Å². The van der Waals surface area contributed by atoms with Gasteiger partial charge in [-0.2, -0.15) is 5.10 Å². The molecule has 2 aromatic rings. The number of halogens is 1. The van der Waals surface area contributed by atoms with Crippen LogP contribution in [0.25, 0.3) is 0 Å². The maximum Gasteiger partial charge on any atom is 0.137 e. The quantitative estimate of drug-likeness (QED) is 0.543. The maximum absolute atomic E-state index is 13.0. The predicted molar refractivity (Wildman–Crippen MR) is 64.0 cm³/mol. The first-order valence-electron chi connectivity index (χ1n) is 5.39. The van der Waals surface area contributed by atoms with E-state index in [0.717, 1.165) is 18.7 Å². The zero-order valence-corrected chi connectivity index (χ0v) is 9.28. The van der Waals surface area contributed by atoms with Gasteiger partial charge in [0.05, 0.1) is 11.4 Å². The molecule has 0 saturated heterocycles. The van der Waals surface area contributed by atoms with Crippen molar-refractivity contribution in [3.8, 4) is 0 Å². The third-order valence-electron chi connectivity index (χ3n) is 2.39. The molecule has 0 radical (unpaired) electrons. The lowest BCUT2D eigenvalue weighted by molar-refractivity contribution is 0.628. The molecular weight excluding hydrogens is 221 g/mol. The molecule has 0 saturated carbocycles. The van der Waals surface area contributed by atoms with Crippen molar-refractivity contribution < 1.29 is 4.39 Å². The first kappa shape index (κ1) is 11.4. The smallest absolute Gasteiger partial charge is 0.137 e. The minimum Gasteiger partial charge on any atom is -0.397 e. The van der Waals surface area contributed by atoms with Crippen molar-refractivity contribution in [2.24, 2.45) is 0 Å². The van der Waals surface area contributed by atoms with Crippen molar-refractivity contribution in [2.45, 2.75) is 12.8 Å². The molecule has 1 aromatic heterocycles. The van der Waals surface area contributed by atoms with Crippen molar-refractivity contribution in [2.75, 3.05) is 17.6 Å². The Morgan fingerprint density at radius 3 is 3.06 bits per heavy atom. The Labute approximate surface area is 98.3 Å². The van der Waals surface area contributed by atoms with Crippen LogP contribution in [0, 0.1) is 5.82 Å². The van der Waals surface area contributed by atoms with Crippen molar-refractivity contribution in [3.63, 3.8) is 0 Å². The topological polar surface area (TPSA) is 79.6 Å². The number of nitrogens with two attached hydrogens (primary N) is 1. The Bertz CT molecular complexity index is 469. The van der Waals surface area contributed by atoms with Crippen LogP contribution in [0.4, 0.5) is 15.8 Å². The fourth-order valence-electron chi connectivity index (χ4n) is 1.51. The van der Waals surface area contributed by atoms with Crippen LogP contribution in [0.2, 0.25) is 0 Å². The summed E-state index contributed by atoms with van der Waals surface area (Å²) in [5, 5.41) is 9.63. The van der Waals surface area contributed by atoms with Crippen LogP contribution in [0.5, 0.6) is 0 Å². The van der Waals surface area contributed by atoms with E-state index in [1.54, 1.807) is 6.07 Å². The summed E-state index contributed by atoms with van der Waals surface area (Å²) in [6.07, 6.45) is 3.14. The van der Waals surface area contributed by atoms with Gasteiger partial charge in [-0.1, -0.05) is 0 Å². The highest BCUT2D eigenvalue weighted by atomic mass is 19.1. The monoisotopic (exact) mass is 235 g/mol. The number of nitrogens with zero attached hydrogens (tertiary/aromatic N) is 2. The van der Waals surface area contributed by atoms with E-state index >= 15 is 0 Å². The van der Waals surface area contributed by atoms with Crippen LogP contribution in [-0.2, 0) is 6.42 Å². The summed E-state index contributed by atoms with van der Waals surface area (Å²) < 4.78 is 13.0. The van der Waals surface area contributed by atoms with Crippen LogP contribution in [0.3, 0.4) is 0 Å². The highest BCUT2D eigenvalue weighted by Gasteiger charge is 2.00. The normalized spacial score (nSPS) is 10.4. The molecule has 0 spiro atoms. The average Bonchev–Trinajstić information content (AvgIpc) is 2.82. The average molecular weight is 235 g/mol. The number of aryl methyl sites for hydroxylation is 1. The van der Waals surface area contributed by atoms with E-state index in [4.69, 9.17) is 5.73 Å². The van der Waals surface area contributed by atoms with E-state index in [0.29, 0.717) is 17.9 Å². The Hall–Kier alpha value is -2.11. The van der Waals surface area contributed by atoms with Gasteiger partial charge >= 0.3 is 0 Å². The minimum absolute atomic E-state index is 0.295. The summed E-state index contributed by atoms with van der Waals surface area (Å²) in [6, 6.07) is 4.28. The lowest BCUT2D eigenvalue weighted by Crippen LogP contribution is -2.06. The Balaban J connectivity index is 1.80. The fourth-order valence-corrected chi connectivity index (χ4v) is 1.51. The lowest BCUT2D eigenvalue weighted by atomic mass is 10.2. The Morgan fingerprint density at radius 1 is 1.41 bits per heavy atom. The third kappa shape index (κ3) is 3.17. The summed E-state index contributed by atoms with van der Waals surface area (Å²) in [6.45, 7) is 0.703. The SMILES string of the molecule is Nc1ccc(F)cc1NCCCc1ncn[nH]1. The van der Waals surface area contributed by atoms with E-state index in [-0.39, 0.29) is 5.82 Å². The first-order valence-corrected chi connectivity index (χ1v) is 5.39. The maximum atomic E-state index is 13.0. The molecule has 0 unspecified atom stereocenters. The molecule has 0 amide bonds. The highest BCUT2D eigenvalue weighted by molar-refractivity contribution is 5.65. The van der Waals surface area contributed by atoms with Crippen LogP contribution in [0.1, 0.15) is 12.2 Å². The van der Waals surface area contributed by atoms with Gasteiger partial charge in [-0.3, -0.25) is 5.10 Å². The van der Waals surface area contributed by atoms with Gasteiger partial charge in [0.25, 0.3) is 0 Å². The van der Waals surface area contributed by atoms with Crippen LogP contribution < -0.4 is 11.1 Å². The van der Waals surface area contributed by atoms with Crippen LogP contribution in [0.15, 0.2) is 24.5 Å². The molecule has 6 heteroatoms. The number of aromatic nitrogens is 3. The number of anilines is 2. The number of H-pyrrole nitrogens is 1. The van der Waals surface area contributed by atoms with Crippen molar-refractivity contribution in [1.29, 1.82) is 0 Å². The van der Waals surface area contributed by atoms with E-state index in [9.17, 15) is 4.39 Å². The Kier molecular flexibility index (Phi) is 3.54. The first-order chi connectivity index (χ1) is 8.25. The summed E-state index contributed by atoms with van der Waals surface area (Å²) >= 11 is 0. The number of nitrogen functional groups attached to an aromatic ring is 1. The second kappa shape index (κ2) is 5.29. The molecule has 0 aliphatic rings. The van der Waals surface area contributed by atoms with Gasteiger partial charge in [-0.15, -0.1) is 0 Å². The minimum atomic E-state index is -0.295. The molecule has 0 fully saturated rings. The Morgan fingerprint density at radius 2 is 2.29 bits per heavy atom. The van der Waals surface area contributed by atoms with Gasteiger partial charge in [0.2, 0.25) is 0 Å². The zero-order valence-electron chi connectivity index (χ0n) is 9.28. The van der Waals surface area contributed by atoms with Crippen molar-refractivity contribution in [3.05, 3.63) is 36.2 Å². The number of aromatic amines is 1. The van der Waals surface area contributed by atoms with Crippen LogP contribution in [-0.4, -0.2) is 21.7 Å². The summed E-state index contributed by atoms with van der Waals surface area (Å²) in [5.74, 6) is 0.552. The van der Waals surface area contributed by atoms with Gasteiger partial charge in [0, 0.05) is 13.0 Å². The second-order valence-corrected chi connectivity index (χ2v) is 3.69. The molecule has 0 bridgehead atoms. The number of hydrogen-bond donors (Lipinski definition) is 3. The van der Waals surface area contributed by atoms with E-state index < -0.39 is 0 Å². The largest absolute Gasteiger partial charge is 0.397 e. The molecule has 0 aliphatic carbocycles. The van der Waals surface area contributed by atoms with Gasteiger partial charge in [0.1, 0.15) is 18.0 Å². The molecule has 17 heavy (non-hydrogen) atoms. The zero-order chi connectivity index (χ0) is 12.1. The summed E-state index contributed by atoms with van der Waals surface area (Å²) in [5.41, 5.74) is 6.88. The highest BCUT2D eigenvalue weighted by Crippen LogP contribution is 2.18. The third-order valence-corrected chi connectivity index (χ3v) is 2.39. The van der Waals surface area contributed by atoms with E-state index in [1.807, 2.05) is 0 Å². The molecule has 4 N–H and O–H groups in total. The molecule has 1 aromatic carbocycles. The standard InChI is InChI=1S/C11H14FN5/c12-8-3-4-9(13)10(6-8)14-5-1-2-11-15-7-16-17-11/h3-4,6-7,14H,1-2,5,13H2,(H,15,16,17). The number of nitrogens with one attached hydrogen (secondary N) is 2. The second-order valence-electron chi connectivity index (χ2n) is 3.69. The lowest BCUT2D eigenvalue weighted by Gasteiger charge is -2.08. The molecule has 1 heterocycles. The van der Waals surface area contributed by atoms with E-state index in [2.05, 4.69) is 20.5 Å². The van der Waals surface area contributed by atoms with Gasteiger partial charge in [-0.05, 0) is 24.6 Å². The summed E-state index contributed by atoms with van der Waals surface area (Å²) in [7, 11) is 0. The number of rotatable bonds is 5. The van der Waals surface area contributed by atoms with Gasteiger partial charge in [0.15, 0.2) is 0 Å². The molecular formula is C11H14FN5. The predicted octanol–water partition coefficient (Wildman–Crippen LogP) is 1.57. The van der Waals surface area contributed by atoms with Gasteiger partial charge in [-0.25, -0.2) is 9.37 Å². The molecule has 2 rings (SSSR count). The molecule has 0 atom stereocenters.